The van der Waals surface area contributed by atoms with E-state index in [0.29, 0.717) is 18.5 Å². The summed E-state index contributed by atoms with van der Waals surface area (Å²) in [5, 5.41) is 9.37. The van der Waals surface area contributed by atoms with E-state index >= 15 is 0 Å². The van der Waals surface area contributed by atoms with Gasteiger partial charge in [0.05, 0.1) is 5.69 Å². The first-order valence-electron chi connectivity index (χ1n) is 6.41. The maximum absolute atomic E-state index is 11.9. The van der Waals surface area contributed by atoms with Crippen molar-refractivity contribution in [1.82, 2.24) is 9.55 Å². The molecule has 0 radical (unpaired) electrons. The Morgan fingerprint density at radius 2 is 2.10 bits per heavy atom. The van der Waals surface area contributed by atoms with Gasteiger partial charge >= 0.3 is 12.1 Å². The van der Waals surface area contributed by atoms with Gasteiger partial charge in [-0.05, 0) is 33.6 Å². The fraction of sp³-hybridized carbons (Fsp3) is 0.615. The molecule has 1 aromatic heterocycles. The third-order valence-electron chi connectivity index (χ3n) is 3.31. The van der Waals surface area contributed by atoms with Gasteiger partial charge in [0.2, 0.25) is 0 Å². The second kappa shape index (κ2) is 4.59. The van der Waals surface area contributed by atoms with Gasteiger partial charge in [0.25, 0.3) is 0 Å². The van der Waals surface area contributed by atoms with Gasteiger partial charge in [-0.25, -0.2) is 14.3 Å². The van der Waals surface area contributed by atoms with Crippen LogP contribution in [0.4, 0.5) is 4.79 Å². The quantitative estimate of drug-likeness (QED) is 0.840. The van der Waals surface area contributed by atoms with Crippen molar-refractivity contribution >= 4 is 12.1 Å². The summed E-state index contributed by atoms with van der Waals surface area (Å²) < 4.78 is 6.36. The Labute approximate surface area is 116 Å². The number of hydrogen-bond acceptors (Lipinski definition) is 5. The maximum Gasteiger partial charge on any atom is 0.419 e. The predicted molar refractivity (Wildman–Crippen MR) is 70.4 cm³/mol. The average Bonchev–Trinajstić information content (AvgIpc) is 2.70. The van der Waals surface area contributed by atoms with Gasteiger partial charge < -0.3 is 15.6 Å². The minimum Gasteiger partial charge on any atom is -0.481 e. The molecular formula is C13H19N3O4. The molecule has 2 rings (SSSR count). The van der Waals surface area contributed by atoms with Crippen LogP contribution in [0.3, 0.4) is 0 Å². The maximum atomic E-state index is 11.9. The Hall–Kier alpha value is -1.89. The van der Waals surface area contributed by atoms with Crippen molar-refractivity contribution in [2.75, 3.05) is 0 Å². The molecule has 0 atom stereocenters. The van der Waals surface area contributed by atoms with Gasteiger partial charge in [0.15, 0.2) is 0 Å². The van der Waals surface area contributed by atoms with Crippen LogP contribution in [0.2, 0.25) is 0 Å². The van der Waals surface area contributed by atoms with Crippen molar-refractivity contribution in [2.24, 2.45) is 5.73 Å². The Morgan fingerprint density at radius 3 is 2.55 bits per heavy atom. The molecule has 1 aliphatic rings. The molecule has 0 saturated heterocycles. The molecular weight excluding hydrogens is 262 g/mol. The largest absolute Gasteiger partial charge is 0.481 e. The molecule has 20 heavy (non-hydrogen) atoms. The number of carbonyl (C=O) groups excluding carboxylic acids is 1. The average molecular weight is 281 g/mol. The Balaban J connectivity index is 2.21. The first-order valence-corrected chi connectivity index (χ1v) is 6.41. The Bertz CT molecular complexity index is 538. The summed E-state index contributed by atoms with van der Waals surface area (Å²) in [6, 6.07) is -0.141. The second-order valence-corrected chi connectivity index (χ2v) is 6.20. The lowest BCUT2D eigenvalue weighted by Gasteiger charge is -2.41. The number of ether oxygens (including phenoxy) is 1. The number of nitrogens with two attached hydrogens (primary N) is 1. The first-order chi connectivity index (χ1) is 9.14. The number of hydrogen-bond donors (Lipinski definition) is 2. The molecule has 1 heterocycles. The van der Waals surface area contributed by atoms with E-state index in [9.17, 15) is 14.7 Å². The van der Waals surface area contributed by atoms with Gasteiger partial charge in [-0.1, -0.05) is 0 Å². The van der Waals surface area contributed by atoms with Crippen molar-refractivity contribution in [3.63, 3.8) is 0 Å². The summed E-state index contributed by atoms with van der Waals surface area (Å²) in [7, 11) is 0. The second-order valence-electron chi connectivity index (χ2n) is 6.20. The minimum atomic E-state index is -1.08. The molecule has 1 fully saturated rings. The number of carboxylic acids is 1. The van der Waals surface area contributed by atoms with E-state index in [2.05, 4.69) is 4.98 Å². The standard InChI is InChI=1S/C13H19N3O4/c1-12(2,3)20-11(19)16-6-9(15-7-16)13(10(17)18)4-8(14)5-13/h6-8H,4-5,14H2,1-3H3,(H,17,18). The molecule has 0 spiro atoms. The number of carbonyl (C=O) groups is 2. The van der Waals surface area contributed by atoms with Crippen LogP contribution >= 0.6 is 0 Å². The lowest BCUT2D eigenvalue weighted by atomic mass is 9.64. The smallest absolute Gasteiger partial charge is 0.419 e. The number of rotatable bonds is 2. The van der Waals surface area contributed by atoms with Crippen molar-refractivity contribution < 1.29 is 19.4 Å². The van der Waals surface area contributed by atoms with Crippen molar-refractivity contribution in [2.45, 2.75) is 50.7 Å². The molecule has 0 bridgehead atoms. The summed E-state index contributed by atoms with van der Waals surface area (Å²) in [4.78, 5) is 27.3. The highest BCUT2D eigenvalue weighted by Crippen LogP contribution is 2.42. The third-order valence-corrected chi connectivity index (χ3v) is 3.31. The highest BCUT2D eigenvalue weighted by molar-refractivity contribution is 5.82. The number of imidazole rings is 1. The molecule has 3 N–H and O–H groups in total. The van der Waals surface area contributed by atoms with Crippen LogP contribution in [-0.4, -0.2) is 38.4 Å². The van der Waals surface area contributed by atoms with E-state index in [-0.39, 0.29) is 6.04 Å². The lowest BCUT2D eigenvalue weighted by molar-refractivity contribution is -0.148. The van der Waals surface area contributed by atoms with E-state index in [1.54, 1.807) is 20.8 Å². The van der Waals surface area contributed by atoms with Gasteiger partial charge in [0.1, 0.15) is 17.3 Å². The minimum absolute atomic E-state index is 0.141. The van der Waals surface area contributed by atoms with Crippen LogP contribution in [0.1, 0.15) is 39.3 Å². The Kier molecular flexibility index (Phi) is 3.33. The highest BCUT2D eigenvalue weighted by atomic mass is 16.6. The molecule has 1 aliphatic carbocycles. The van der Waals surface area contributed by atoms with Crippen LogP contribution < -0.4 is 5.73 Å². The zero-order chi connectivity index (χ0) is 15.1. The zero-order valence-corrected chi connectivity index (χ0v) is 11.8. The van der Waals surface area contributed by atoms with Crippen molar-refractivity contribution in [3.8, 4) is 0 Å². The molecule has 110 valence electrons. The summed E-state index contributed by atoms with van der Waals surface area (Å²) in [5.74, 6) is -0.964. The number of carboxylic acid groups (broad SMARTS) is 1. The molecule has 1 saturated carbocycles. The van der Waals surface area contributed by atoms with E-state index < -0.39 is 23.1 Å². The van der Waals surface area contributed by atoms with Crippen LogP contribution in [0.25, 0.3) is 0 Å². The zero-order valence-electron chi connectivity index (χ0n) is 11.8. The first kappa shape index (κ1) is 14.5. The number of aromatic nitrogens is 2. The molecule has 1 aromatic rings. The van der Waals surface area contributed by atoms with Crippen LogP contribution in [0, 0.1) is 0 Å². The lowest BCUT2D eigenvalue weighted by Crippen LogP contribution is -2.54. The molecule has 7 nitrogen and oxygen atoms in total. The molecule has 0 aliphatic heterocycles. The normalized spacial score (nSPS) is 25.9. The summed E-state index contributed by atoms with van der Waals surface area (Å²) in [6.45, 7) is 5.27. The topological polar surface area (TPSA) is 107 Å². The van der Waals surface area contributed by atoms with E-state index in [1.165, 1.54) is 12.5 Å². The van der Waals surface area contributed by atoms with Crippen molar-refractivity contribution in [1.29, 1.82) is 0 Å². The van der Waals surface area contributed by atoms with Gasteiger partial charge in [-0.2, -0.15) is 0 Å². The predicted octanol–water partition coefficient (Wildman–Crippen LogP) is 1.11. The van der Waals surface area contributed by atoms with Crippen molar-refractivity contribution in [3.05, 3.63) is 18.2 Å². The number of aliphatic carboxylic acids is 1. The summed E-state index contributed by atoms with van der Waals surface area (Å²) in [6.07, 6.45) is 2.76. The van der Waals surface area contributed by atoms with Gasteiger partial charge in [0, 0.05) is 12.2 Å². The molecule has 7 heteroatoms. The summed E-state index contributed by atoms with van der Waals surface area (Å²) >= 11 is 0. The van der Waals surface area contributed by atoms with Crippen LogP contribution in [0.15, 0.2) is 12.5 Å². The van der Waals surface area contributed by atoms with E-state index in [0.717, 1.165) is 4.57 Å². The third kappa shape index (κ3) is 2.53. The SMILES string of the molecule is CC(C)(C)OC(=O)n1cnc(C2(C(=O)O)CC(N)C2)c1. The van der Waals surface area contributed by atoms with Crippen LogP contribution in [0.5, 0.6) is 0 Å². The van der Waals surface area contributed by atoms with Crippen LogP contribution in [-0.2, 0) is 14.9 Å². The van der Waals surface area contributed by atoms with E-state index in [1.807, 2.05) is 0 Å². The van der Waals surface area contributed by atoms with Gasteiger partial charge in [-0.15, -0.1) is 0 Å². The number of nitrogens with zero attached hydrogens (tertiary/aromatic N) is 2. The molecule has 0 aromatic carbocycles. The molecule has 0 amide bonds. The summed E-state index contributed by atoms with van der Waals surface area (Å²) in [5.41, 5.74) is 4.34. The fourth-order valence-corrected chi connectivity index (χ4v) is 2.31. The van der Waals surface area contributed by atoms with E-state index in [4.69, 9.17) is 10.5 Å². The fourth-order valence-electron chi connectivity index (χ4n) is 2.31. The highest BCUT2D eigenvalue weighted by Gasteiger charge is 2.52. The monoisotopic (exact) mass is 281 g/mol. The Morgan fingerprint density at radius 1 is 1.50 bits per heavy atom. The van der Waals surface area contributed by atoms with Gasteiger partial charge in [-0.3, -0.25) is 4.79 Å². The molecule has 0 unspecified atom stereocenters.